The molecule has 23 heavy (non-hydrogen) atoms. The fourth-order valence-electron chi connectivity index (χ4n) is 2.90. The van der Waals surface area contributed by atoms with Crippen LogP contribution in [0.2, 0.25) is 0 Å². The van der Waals surface area contributed by atoms with Gasteiger partial charge in [0.2, 0.25) is 5.95 Å². The Balaban J connectivity index is 1.83. The number of allylic oxidation sites excluding steroid dienone is 1. The Morgan fingerprint density at radius 2 is 1.78 bits per heavy atom. The van der Waals surface area contributed by atoms with Gasteiger partial charge in [-0.05, 0) is 47.0 Å². The van der Waals surface area contributed by atoms with Crippen LogP contribution in [0.1, 0.15) is 28.3 Å². The highest BCUT2D eigenvalue weighted by Crippen LogP contribution is 2.32. The van der Waals surface area contributed by atoms with Gasteiger partial charge in [0.05, 0.1) is 0 Å². The van der Waals surface area contributed by atoms with E-state index in [4.69, 9.17) is 0 Å². The van der Waals surface area contributed by atoms with Crippen molar-refractivity contribution in [2.24, 2.45) is 0 Å². The predicted octanol–water partition coefficient (Wildman–Crippen LogP) is 3.35. The second-order valence-corrected chi connectivity index (χ2v) is 5.82. The zero-order valence-electron chi connectivity index (χ0n) is 13.1. The Kier molecular flexibility index (Phi) is 3.19. The molecule has 0 saturated heterocycles. The summed E-state index contributed by atoms with van der Waals surface area (Å²) < 4.78 is 1.82. The minimum Gasteiger partial charge on any atom is -0.323 e. The standard InChI is InChI=1S/C18H17N5/c1-12-7-9-14(10-8-12)16-11-17(15-6-4-3-5-13(15)2)23-18(19-16)20-21-22-23/h3-11,17H,1-2H3,(H,19,20,22)/t17-/m1/s1. The molecule has 1 aliphatic heterocycles. The summed E-state index contributed by atoms with van der Waals surface area (Å²) in [6, 6.07) is 16.8. The maximum Gasteiger partial charge on any atom is 0.248 e. The summed E-state index contributed by atoms with van der Waals surface area (Å²) in [6.07, 6.45) is 2.18. The summed E-state index contributed by atoms with van der Waals surface area (Å²) in [5.74, 6) is 0.663. The molecule has 4 rings (SSSR count). The number of fused-ring (bicyclic) bond motifs is 1. The first-order valence-corrected chi connectivity index (χ1v) is 7.61. The summed E-state index contributed by atoms with van der Waals surface area (Å²) >= 11 is 0. The van der Waals surface area contributed by atoms with E-state index in [1.807, 2.05) is 16.8 Å². The molecule has 1 atom stereocenters. The third kappa shape index (κ3) is 2.40. The van der Waals surface area contributed by atoms with Crippen LogP contribution >= 0.6 is 0 Å². The number of anilines is 1. The lowest BCUT2D eigenvalue weighted by Gasteiger charge is -2.24. The Bertz CT molecular complexity index is 876. The van der Waals surface area contributed by atoms with Crippen molar-refractivity contribution in [1.29, 1.82) is 0 Å². The van der Waals surface area contributed by atoms with Gasteiger partial charge in [0.25, 0.3) is 0 Å². The minimum atomic E-state index is -0.0150. The highest BCUT2D eigenvalue weighted by Gasteiger charge is 2.25. The molecule has 5 nitrogen and oxygen atoms in total. The first kappa shape index (κ1) is 13.7. The average Bonchev–Trinajstić information content (AvgIpc) is 3.04. The van der Waals surface area contributed by atoms with E-state index >= 15 is 0 Å². The Morgan fingerprint density at radius 3 is 2.57 bits per heavy atom. The lowest BCUT2D eigenvalue weighted by molar-refractivity contribution is 0.583. The number of tetrazole rings is 1. The van der Waals surface area contributed by atoms with Crippen LogP contribution in [-0.2, 0) is 0 Å². The van der Waals surface area contributed by atoms with Crippen LogP contribution in [0.3, 0.4) is 0 Å². The number of nitrogens with zero attached hydrogens (tertiary/aromatic N) is 4. The number of benzene rings is 2. The third-order valence-electron chi connectivity index (χ3n) is 4.20. The van der Waals surface area contributed by atoms with Gasteiger partial charge in [0, 0.05) is 5.70 Å². The lowest BCUT2D eigenvalue weighted by Crippen LogP contribution is -2.20. The fraction of sp³-hybridized carbons (Fsp3) is 0.167. The molecule has 0 aliphatic carbocycles. The molecule has 0 spiro atoms. The van der Waals surface area contributed by atoms with Crippen LogP contribution in [0.25, 0.3) is 5.70 Å². The second kappa shape index (κ2) is 5.35. The van der Waals surface area contributed by atoms with Crippen molar-refractivity contribution in [3.05, 3.63) is 76.9 Å². The number of hydrogen-bond donors (Lipinski definition) is 1. The Morgan fingerprint density at radius 1 is 1.00 bits per heavy atom. The van der Waals surface area contributed by atoms with E-state index in [1.165, 1.54) is 16.7 Å². The third-order valence-corrected chi connectivity index (χ3v) is 4.20. The SMILES string of the molecule is Cc1ccc(C2=C[C@H](c3ccccc3C)n3nnnc3N2)cc1. The molecule has 5 heteroatoms. The number of hydrogen-bond acceptors (Lipinski definition) is 4. The van der Waals surface area contributed by atoms with Gasteiger partial charge in [-0.25, -0.2) is 0 Å². The van der Waals surface area contributed by atoms with Crippen molar-refractivity contribution in [1.82, 2.24) is 20.2 Å². The number of aryl methyl sites for hydroxylation is 2. The molecule has 2 heterocycles. The fourth-order valence-corrected chi connectivity index (χ4v) is 2.90. The number of nitrogens with one attached hydrogen (secondary N) is 1. The average molecular weight is 303 g/mol. The molecular weight excluding hydrogens is 286 g/mol. The van der Waals surface area contributed by atoms with E-state index < -0.39 is 0 Å². The molecule has 1 aromatic heterocycles. The van der Waals surface area contributed by atoms with E-state index in [-0.39, 0.29) is 6.04 Å². The quantitative estimate of drug-likeness (QED) is 0.789. The van der Waals surface area contributed by atoms with E-state index in [1.54, 1.807) is 0 Å². The first-order chi connectivity index (χ1) is 11.2. The molecule has 0 saturated carbocycles. The van der Waals surface area contributed by atoms with Crippen molar-refractivity contribution >= 4 is 11.6 Å². The molecular formula is C18H17N5. The van der Waals surface area contributed by atoms with Crippen LogP contribution in [0.15, 0.2) is 54.6 Å². The summed E-state index contributed by atoms with van der Waals surface area (Å²) in [4.78, 5) is 0. The van der Waals surface area contributed by atoms with Gasteiger partial charge in [-0.3, -0.25) is 0 Å². The van der Waals surface area contributed by atoms with Crippen molar-refractivity contribution in [2.45, 2.75) is 19.9 Å². The smallest absolute Gasteiger partial charge is 0.248 e. The highest BCUT2D eigenvalue weighted by atomic mass is 15.6. The summed E-state index contributed by atoms with van der Waals surface area (Å²) in [5.41, 5.74) is 5.82. The van der Waals surface area contributed by atoms with Gasteiger partial charge in [-0.1, -0.05) is 59.2 Å². The number of aromatic nitrogens is 4. The minimum absolute atomic E-state index is 0.0150. The Labute approximate surface area is 134 Å². The summed E-state index contributed by atoms with van der Waals surface area (Å²) in [6.45, 7) is 4.20. The van der Waals surface area contributed by atoms with Crippen LogP contribution in [-0.4, -0.2) is 20.2 Å². The molecule has 0 fully saturated rings. The molecule has 0 unspecified atom stereocenters. The molecule has 0 radical (unpaired) electrons. The van der Waals surface area contributed by atoms with Gasteiger partial charge < -0.3 is 5.32 Å². The summed E-state index contributed by atoms with van der Waals surface area (Å²) in [5, 5.41) is 15.4. The maximum absolute atomic E-state index is 4.15. The van der Waals surface area contributed by atoms with Gasteiger partial charge in [-0.15, -0.1) is 0 Å². The van der Waals surface area contributed by atoms with E-state index in [2.05, 4.69) is 77.2 Å². The van der Waals surface area contributed by atoms with Crippen LogP contribution in [0, 0.1) is 13.8 Å². The molecule has 1 aliphatic rings. The van der Waals surface area contributed by atoms with Gasteiger partial charge in [0.1, 0.15) is 6.04 Å². The predicted molar refractivity (Wildman–Crippen MR) is 89.9 cm³/mol. The van der Waals surface area contributed by atoms with Crippen molar-refractivity contribution in [2.75, 3.05) is 5.32 Å². The largest absolute Gasteiger partial charge is 0.323 e. The van der Waals surface area contributed by atoms with E-state index in [0.717, 1.165) is 11.3 Å². The van der Waals surface area contributed by atoms with Crippen molar-refractivity contribution < 1.29 is 0 Å². The Hall–Kier alpha value is -2.95. The number of rotatable bonds is 2. The first-order valence-electron chi connectivity index (χ1n) is 7.61. The zero-order chi connectivity index (χ0) is 15.8. The normalized spacial score (nSPS) is 16.4. The molecule has 1 N–H and O–H groups in total. The van der Waals surface area contributed by atoms with Crippen LogP contribution in [0.4, 0.5) is 5.95 Å². The van der Waals surface area contributed by atoms with Crippen LogP contribution in [0.5, 0.6) is 0 Å². The molecule has 3 aromatic rings. The van der Waals surface area contributed by atoms with Crippen molar-refractivity contribution in [3.63, 3.8) is 0 Å². The van der Waals surface area contributed by atoms with E-state index in [9.17, 15) is 0 Å². The van der Waals surface area contributed by atoms with Crippen molar-refractivity contribution in [3.8, 4) is 0 Å². The maximum atomic E-state index is 4.15. The van der Waals surface area contributed by atoms with Crippen LogP contribution < -0.4 is 5.32 Å². The monoisotopic (exact) mass is 303 g/mol. The molecule has 0 amide bonds. The molecule has 114 valence electrons. The molecule has 0 bridgehead atoms. The lowest BCUT2D eigenvalue weighted by atomic mass is 9.98. The summed E-state index contributed by atoms with van der Waals surface area (Å²) in [7, 11) is 0. The topological polar surface area (TPSA) is 55.6 Å². The van der Waals surface area contributed by atoms with Gasteiger partial charge in [-0.2, -0.15) is 4.68 Å². The van der Waals surface area contributed by atoms with Gasteiger partial charge in [0.15, 0.2) is 0 Å². The van der Waals surface area contributed by atoms with E-state index in [0.29, 0.717) is 5.95 Å². The van der Waals surface area contributed by atoms with Gasteiger partial charge >= 0.3 is 0 Å². The zero-order valence-corrected chi connectivity index (χ0v) is 13.1. The second-order valence-electron chi connectivity index (χ2n) is 5.82. The highest BCUT2D eigenvalue weighted by molar-refractivity contribution is 5.77. The molecule has 2 aromatic carbocycles.